The smallest absolute Gasteiger partial charge is 0.116 e. The van der Waals surface area contributed by atoms with Crippen LogP contribution in [0.2, 0.25) is 0 Å². The number of ether oxygens (including phenoxy) is 1. The van der Waals surface area contributed by atoms with E-state index < -0.39 is 0 Å². The molecule has 4 nitrogen and oxygen atoms in total. The molecule has 1 aromatic carbocycles. The van der Waals surface area contributed by atoms with E-state index in [0.29, 0.717) is 6.61 Å². The van der Waals surface area contributed by atoms with Crippen LogP contribution in [0.5, 0.6) is 0 Å². The monoisotopic (exact) mass is 263 g/mol. The highest BCUT2D eigenvalue weighted by atomic mass is 16.5. The van der Waals surface area contributed by atoms with Crippen molar-refractivity contribution in [3.63, 3.8) is 0 Å². The van der Waals surface area contributed by atoms with Crippen LogP contribution in [0.25, 0.3) is 0 Å². The van der Waals surface area contributed by atoms with E-state index in [9.17, 15) is 0 Å². The first-order valence-electron chi connectivity index (χ1n) is 6.92. The molecule has 0 radical (unpaired) electrons. The van der Waals surface area contributed by atoms with Gasteiger partial charge in [-0.25, -0.2) is 0 Å². The molecule has 1 aromatic rings. The number of hydrogen-bond acceptors (Lipinski definition) is 4. The number of nitrogens with one attached hydrogen (secondary N) is 3. The van der Waals surface area contributed by atoms with Crippen LogP contribution in [0.4, 0.5) is 0 Å². The average Bonchev–Trinajstić information content (AvgIpc) is 2.75. The van der Waals surface area contributed by atoms with Crippen molar-refractivity contribution in [3.05, 3.63) is 35.4 Å². The molecule has 0 amide bonds. The van der Waals surface area contributed by atoms with Crippen LogP contribution in [-0.4, -0.2) is 39.9 Å². The Bertz CT molecular complexity index is 431. The molecular formula is C15H25N3O. The standard InChI is InChI=1S/C15H25N3O/c1-5-19-11-14(16-2)10-12-8-6-7-9-13(12)15(14,17-3)18-4/h6-9,16-18H,5,10-11H2,1-4H3. The average molecular weight is 263 g/mol. The Morgan fingerprint density at radius 3 is 2.37 bits per heavy atom. The highest BCUT2D eigenvalue weighted by molar-refractivity contribution is 5.44. The van der Waals surface area contributed by atoms with Crippen LogP contribution >= 0.6 is 0 Å². The van der Waals surface area contributed by atoms with E-state index in [0.717, 1.165) is 13.0 Å². The van der Waals surface area contributed by atoms with Gasteiger partial charge in [0.25, 0.3) is 0 Å². The van der Waals surface area contributed by atoms with Crippen LogP contribution in [0.3, 0.4) is 0 Å². The van der Waals surface area contributed by atoms with Crippen LogP contribution in [0.1, 0.15) is 18.1 Å². The van der Waals surface area contributed by atoms with E-state index in [2.05, 4.69) is 40.2 Å². The molecular weight excluding hydrogens is 238 g/mol. The zero-order valence-corrected chi connectivity index (χ0v) is 12.3. The molecule has 0 saturated carbocycles. The number of benzene rings is 1. The topological polar surface area (TPSA) is 45.3 Å². The molecule has 2 rings (SSSR count). The van der Waals surface area contributed by atoms with Crippen molar-refractivity contribution in [1.29, 1.82) is 0 Å². The molecule has 106 valence electrons. The Balaban J connectivity index is 2.51. The van der Waals surface area contributed by atoms with Crippen molar-refractivity contribution in [2.45, 2.75) is 24.5 Å². The Morgan fingerprint density at radius 2 is 1.79 bits per heavy atom. The molecule has 1 aliphatic rings. The van der Waals surface area contributed by atoms with E-state index in [1.165, 1.54) is 11.1 Å². The molecule has 0 aromatic heterocycles. The Labute approximate surface area is 115 Å². The molecule has 4 heteroatoms. The van der Waals surface area contributed by atoms with E-state index in [4.69, 9.17) is 4.74 Å². The second-order valence-corrected chi connectivity index (χ2v) is 5.05. The summed E-state index contributed by atoms with van der Waals surface area (Å²) in [6.45, 7) is 3.42. The van der Waals surface area contributed by atoms with Gasteiger partial charge in [0, 0.05) is 6.61 Å². The minimum atomic E-state index is -0.312. The first kappa shape index (κ1) is 14.5. The summed E-state index contributed by atoms with van der Waals surface area (Å²) < 4.78 is 5.76. The maximum absolute atomic E-state index is 5.76. The molecule has 0 bridgehead atoms. The van der Waals surface area contributed by atoms with Crippen molar-refractivity contribution < 1.29 is 4.74 Å². The van der Waals surface area contributed by atoms with E-state index >= 15 is 0 Å². The van der Waals surface area contributed by atoms with Gasteiger partial charge < -0.3 is 10.1 Å². The quantitative estimate of drug-likeness (QED) is 0.665. The number of rotatable bonds is 6. The third kappa shape index (κ3) is 1.99. The molecule has 0 aliphatic heterocycles. The van der Waals surface area contributed by atoms with Gasteiger partial charge in [0.05, 0.1) is 12.1 Å². The molecule has 1 unspecified atom stereocenters. The molecule has 0 fully saturated rings. The summed E-state index contributed by atoms with van der Waals surface area (Å²) in [7, 11) is 6.00. The summed E-state index contributed by atoms with van der Waals surface area (Å²) in [5, 5.41) is 10.5. The maximum atomic E-state index is 5.76. The van der Waals surface area contributed by atoms with Gasteiger partial charge in [-0.1, -0.05) is 24.3 Å². The Morgan fingerprint density at radius 1 is 1.11 bits per heavy atom. The minimum absolute atomic E-state index is 0.184. The molecule has 0 spiro atoms. The highest BCUT2D eigenvalue weighted by Crippen LogP contribution is 2.42. The first-order valence-corrected chi connectivity index (χ1v) is 6.92. The lowest BCUT2D eigenvalue weighted by Crippen LogP contribution is -2.71. The minimum Gasteiger partial charge on any atom is -0.380 e. The van der Waals surface area contributed by atoms with Gasteiger partial charge in [-0.15, -0.1) is 0 Å². The van der Waals surface area contributed by atoms with Crippen LogP contribution in [0.15, 0.2) is 24.3 Å². The second-order valence-electron chi connectivity index (χ2n) is 5.05. The lowest BCUT2D eigenvalue weighted by molar-refractivity contribution is 0.0190. The van der Waals surface area contributed by atoms with E-state index in [1.54, 1.807) is 0 Å². The molecule has 1 atom stereocenters. The molecule has 1 aliphatic carbocycles. The summed E-state index contributed by atoms with van der Waals surface area (Å²) in [6, 6.07) is 8.58. The summed E-state index contributed by atoms with van der Waals surface area (Å²) >= 11 is 0. The molecule has 0 heterocycles. The maximum Gasteiger partial charge on any atom is 0.116 e. The zero-order valence-electron chi connectivity index (χ0n) is 12.3. The fourth-order valence-electron chi connectivity index (χ4n) is 3.41. The first-order chi connectivity index (χ1) is 9.19. The van der Waals surface area contributed by atoms with Crippen molar-refractivity contribution in [3.8, 4) is 0 Å². The number of likely N-dealkylation sites (N-methyl/N-ethyl adjacent to an activating group) is 3. The van der Waals surface area contributed by atoms with Gasteiger partial charge in [-0.2, -0.15) is 0 Å². The SMILES string of the molecule is CCOCC1(NC)Cc2ccccc2C1(NC)NC. The lowest BCUT2D eigenvalue weighted by Gasteiger charge is -2.46. The fourth-order valence-corrected chi connectivity index (χ4v) is 3.41. The predicted molar refractivity (Wildman–Crippen MR) is 78.2 cm³/mol. The van der Waals surface area contributed by atoms with Crippen molar-refractivity contribution in [1.82, 2.24) is 16.0 Å². The van der Waals surface area contributed by atoms with Gasteiger partial charge in [-0.05, 0) is 45.6 Å². The summed E-state index contributed by atoms with van der Waals surface area (Å²) in [5.74, 6) is 0. The van der Waals surface area contributed by atoms with Crippen LogP contribution in [-0.2, 0) is 16.8 Å². The van der Waals surface area contributed by atoms with Crippen molar-refractivity contribution >= 4 is 0 Å². The zero-order chi connectivity index (χ0) is 13.9. The largest absolute Gasteiger partial charge is 0.380 e. The van der Waals surface area contributed by atoms with Gasteiger partial charge in [0.2, 0.25) is 0 Å². The number of hydrogen-bond donors (Lipinski definition) is 3. The van der Waals surface area contributed by atoms with Gasteiger partial charge in [0.15, 0.2) is 0 Å². The van der Waals surface area contributed by atoms with Gasteiger partial charge in [-0.3, -0.25) is 10.6 Å². The van der Waals surface area contributed by atoms with Crippen LogP contribution < -0.4 is 16.0 Å². The highest BCUT2D eigenvalue weighted by Gasteiger charge is 2.55. The molecule has 19 heavy (non-hydrogen) atoms. The van der Waals surface area contributed by atoms with Crippen molar-refractivity contribution in [2.24, 2.45) is 0 Å². The van der Waals surface area contributed by atoms with Crippen LogP contribution in [0, 0.1) is 0 Å². The Hall–Kier alpha value is -0.940. The summed E-state index contributed by atoms with van der Waals surface area (Å²) in [5.41, 5.74) is 2.17. The summed E-state index contributed by atoms with van der Waals surface area (Å²) in [4.78, 5) is 0. The normalized spacial score (nSPS) is 24.4. The third-order valence-electron chi connectivity index (χ3n) is 4.41. The molecule has 0 saturated heterocycles. The Kier molecular flexibility index (Phi) is 4.26. The fraction of sp³-hybridized carbons (Fsp3) is 0.600. The third-order valence-corrected chi connectivity index (χ3v) is 4.41. The second kappa shape index (κ2) is 5.59. The number of fused-ring (bicyclic) bond motifs is 1. The molecule has 3 N–H and O–H groups in total. The van der Waals surface area contributed by atoms with Gasteiger partial charge >= 0.3 is 0 Å². The van der Waals surface area contributed by atoms with E-state index in [-0.39, 0.29) is 11.2 Å². The lowest BCUT2D eigenvalue weighted by atomic mass is 9.84. The predicted octanol–water partition coefficient (Wildman–Crippen LogP) is 0.829. The van der Waals surface area contributed by atoms with Gasteiger partial charge in [0.1, 0.15) is 5.66 Å². The summed E-state index contributed by atoms with van der Waals surface area (Å²) in [6.07, 6.45) is 0.946. The van der Waals surface area contributed by atoms with Crippen molar-refractivity contribution in [2.75, 3.05) is 34.4 Å². The van der Waals surface area contributed by atoms with E-state index in [1.807, 2.05) is 28.1 Å².